The van der Waals surface area contributed by atoms with Crippen LogP contribution in [0.25, 0.3) is 0 Å². The van der Waals surface area contributed by atoms with Crippen LogP contribution in [0.3, 0.4) is 0 Å². The monoisotopic (exact) mass is 419 g/mol. The topological polar surface area (TPSA) is 110 Å². The summed E-state index contributed by atoms with van der Waals surface area (Å²) in [5, 5.41) is 13.2. The average molecular weight is 419 g/mol. The maximum absolute atomic E-state index is 13.1. The molecule has 4 unspecified atom stereocenters. The molecule has 0 radical (unpaired) electrons. The number of carbonyl (C=O) groups is 4. The first-order chi connectivity index (χ1) is 14.8. The van der Waals surface area contributed by atoms with Crippen LogP contribution in [0.5, 0.6) is 11.5 Å². The standard InChI is InChI=1S/C24H21NO6/c1-10-7-18(27)21-16(22(10)28)9-15-12(5-6-14-20(15)24(30)25-23(14)29)19(21)13-4-3-11(31-2)8-17(13)26/h3-5,7-8,14-15,19-20,26H,6,9H2,1-2H3,(H,25,29,30). The first-order valence-electron chi connectivity index (χ1n) is 10.2. The summed E-state index contributed by atoms with van der Waals surface area (Å²) in [5.41, 5.74) is 2.36. The molecule has 4 atom stereocenters. The van der Waals surface area contributed by atoms with Gasteiger partial charge >= 0.3 is 0 Å². The number of ether oxygens (including phenoxy) is 1. The van der Waals surface area contributed by atoms with E-state index < -0.39 is 23.7 Å². The molecule has 1 heterocycles. The minimum atomic E-state index is -0.662. The van der Waals surface area contributed by atoms with Gasteiger partial charge in [0.2, 0.25) is 11.8 Å². The second-order valence-electron chi connectivity index (χ2n) is 8.51. The van der Waals surface area contributed by atoms with E-state index in [0.717, 1.165) is 5.57 Å². The number of allylic oxidation sites excluding steroid dienone is 6. The molecule has 0 saturated carbocycles. The van der Waals surface area contributed by atoms with Gasteiger partial charge in [-0.1, -0.05) is 17.7 Å². The van der Waals surface area contributed by atoms with Crippen LogP contribution in [0.4, 0.5) is 0 Å². The maximum atomic E-state index is 13.1. The average Bonchev–Trinajstić information content (AvgIpc) is 3.04. The molecular weight excluding hydrogens is 398 g/mol. The van der Waals surface area contributed by atoms with E-state index in [1.165, 1.54) is 19.3 Å². The fourth-order valence-corrected chi connectivity index (χ4v) is 5.54. The summed E-state index contributed by atoms with van der Waals surface area (Å²) < 4.78 is 5.18. The van der Waals surface area contributed by atoms with Crippen molar-refractivity contribution in [2.45, 2.75) is 25.7 Å². The highest BCUT2D eigenvalue weighted by Gasteiger charge is 2.53. The van der Waals surface area contributed by atoms with E-state index in [1.807, 2.05) is 6.08 Å². The number of fused-ring (bicyclic) bond motifs is 3. The number of amides is 2. The predicted octanol–water partition coefficient (Wildman–Crippen LogP) is 2.12. The highest BCUT2D eigenvalue weighted by molar-refractivity contribution is 6.23. The largest absolute Gasteiger partial charge is 0.507 e. The van der Waals surface area contributed by atoms with Crippen LogP contribution in [0, 0.1) is 17.8 Å². The second kappa shape index (κ2) is 6.77. The lowest BCUT2D eigenvalue weighted by atomic mass is 9.59. The van der Waals surface area contributed by atoms with Crippen molar-refractivity contribution >= 4 is 23.4 Å². The van der Waals surface area contributed by atoms with Gasteiger partial charge in [0, 0.05) is 34.3 Å². The maximum Gasteiger partial charge on any atom is 0.231 e. The summed E-state index contributed by atoms with van der Waals surface area (Å²) in [6.45, 7) is 1.60. The Bertz CT molecular complexity index is 1170. The molecule has 4 aliphatic rings. The van der Waals surface area contributed by atoms with E-state index in [2.05, 4.69) is 5.32 Å². The van der Waals surface area contributed by atoms with Gasteiger partial charge in [-0.3, -0.25) is 24.5 Å². The molecule has 2 amide bonds. The number of phenolic OH excluding ortho intramolecular Hbond substituents is 1. The molecule has 1 aliphatic heterocycles. The zero-order chi connectivity index (χ0) is 22.0. The van der Waals surface area contributed by atoms with Gasteiger partial charge in [-0.2, -0.15) is 0 Å². The van der Waals surface area contributed by atoms with Gasteiger partial charge in [-0.05, 0) is 37.8 Å². The number of carbonyl (C=O) groups excluding carboxylic acids is 4. The van der Waals surface area contributed by atoms with E-state index in [4.69, 9.17) is 4.74 Å². The van der Waals surface area contributed by atoms with Crippen LogP contribution >= 0.6 is 0 Å². The summed E-state index contributed by atoms with van der Waals surface area (Å²) in [6.07, 6.45) is 3.85. The zero-order valence-electron chi connectivity index (χ0n) is 17.1. The molecule has 0 aromatic heterocycles. The Labute approximate surface area is 178 Å². The number of imide groups is 1. The van der Waals surface area contributed by atoms with Gasteiger partial charge in [0.25, 0.3) is 0 Å². The number of hydrogen-bond donors (Lipinski definition) is 2. The summed E-state index contributed by atoms with van der Waals surface area (Å²) in [5.74, 6) is -2.83. The van der Waals surface area contributed by atoms with Gasteiger partial charge < -0.3 is 9.84 Å². The minimum absolute atomic E-state index is 0.0571. The number of benzene rings is 1. The van der Waals surface area contributed by atoms with Gasteiger partial charge in [-0.15, -0.1) is 0 Å². The number of Topliss-reactive ketones (excluding diaryl/α,β-unsaturated/α-hetero) is 1. The van der Waals surface area contributed by atoms with E-state index >= 15 is 0 Å². The highest BCUT2D eigenvalue weighted by atomic mass is 16.5. The lowest BCUT2D eigenvalue weighted by molar-refractivity contribution is -0.126. The first kappa shape index (κ1) is 19.5. The number of aromatic hydroxyl groups is 1. The summed E-state index contributed by atoms with van der Waals surface area (Å²) in [6, 6.07) is 4.84. The Hall–Kier alpha value is -3.48. The van der Waals surface area contributed by atoms with E-state index in [9.17, 15) is 24.3 Å². The van der Waals surface area contributed by atoms with Crippen LogP contribution in [-0.4, -0.2) is 35.6 Å². The molecule has 158 valence electrons. The van der Waals surface area contributed by atoms with Crippen molar-refractivity contribution in [2.75, 3.05) is 7.11 Å². The van der Waals surface area contributed by atoms with Crippen LogP contribution in [0.1, 0.15) is 31.2 Å². The smallest absolute Gasteiger partial charge is 0.231 e. The molecule has 5 rings (SSSR count). The number of hydrogen-bond acceptors (Lipinski definition) is 6. The Morgan fingerprint density at radius 1 is 1.10 bits per heavy atom. The number of nitrogens with one attached hydrogen (secondary N) is 1. The normalized spacial score (nSPS) is 29.6. The van der Waals surface area contributed by atoms with Crippen LogP contribution in [-0.2, 0) is 19.2 Å². The van der Waals surface area contributed by atoms with Gasteiger partial charge in [-0.25, -0.2) is 0 Å². The first-order valence-corrected chi connectivity index (χ1v) is 10.2. The molecule has 1 aromatic rings. The molecule has 0 bridgehead atoms. The fourth-order valence-electron chi connectivity index (χ4n) is 5.54. The molecule has 1 aromatic carbocycles. The third kappa shape index (κ3) is 2.72. The quantitative estimate of drug-likeness (QED) is 0.432. The third-order valence-corrected chi connectivity index (χ3v) is 6.95. The summed E-state index contributed by atoms with van der Waals surface area (Å²) >= 11 is 0. The lowest BCUT2D eigenvalue weighted by Crippen LogP contribution is -2.39. The SMILES string of the molecule is COc1ccc(C2C3=CCC4C(=O)NC(=O)C4C3CC3=C2C(=O)C=C(C)C3=O)c(O)c1. The van der Waals surface area contributed by atoms with Gasteiger partial charge in [0.1, 0.15) is 11.5 Å². The Morgan fingerprint density at radius 2 is 1.87 bits per heavy atom. The van der Waals surface area contributed by atoms with E-state index in [1.54, 1.807) is 19.1 Å². The van der Waals surface area contributed by atoms with E-state index in [-0.39, 0.29) is 35.6 Å². The summed E-state index contributed by atoms with van der Waals surface area (Å²) in [4.78, 5) is 51.0. The Balaban J connectivity index is 1.72. The van der Waals surface area contributed by atoms with Crippen molar-refractivity contribution in [1.29, 1.82) is 0 Å². The fraction of sp³-hybridized carbons (Fsp3) is 0.333. The molecule has 1 fully saturated rings. The van der Waals surface area contributed by atoms with Crippen molar-refractivity contribution in [3.05, 3.63) is 58.2 Å². The molecule has 0 spiro atoms. The minimum Gasteiger partial charge on any atom is -0.507 e. The Kier molecular flexibility index (Phi) is 4.25. The van der Waals surface area contributed by atoms with Gasteiger partial charge in [0.15, 0.2) is 11.6 Å². The number of methoxy groups -OCH3 is 1. The zero-order valence-corrected chi connectivity index (χ0v) is 17.1. The van der Waals surface area contributed by atoms with Crippen LogP contribution in [0.15, 0.2) is 52.6 Å². The van der Waals surface area contributed by atoms with Crippen molar-refractivity contribution in [1.82, 2.24) is 5.32 Å². The van der Waals surface area contributed by atoms with Crippen molar-refractivity contribution in [2.24, 2.45) is 17.8 Å². The second-order valence-corrected chi connectivity index (χ2v) is 8.51. The summed E-state index contributed by atoms with van der Waals surface area (Å²) in [7, 11) is 1.49. The molecule has 1 saturated heterocycles. The molecule has 7 nitrogen and oxygen atoms in total. The molecule has 31 heavy (non-hydrogen) atoms. The molecule has 3 aliphatic carbocycles. The van der Waals surface area contributed by atoms with Crippen LogP contribution in [0.2, 0.25) is 0 Å². The van der Waals surface area contributed by atoms with E-state index in [0.29, 0.717) is 34.5 Å². The van der Waals surface area contributed by atoms with Gasteiger partial charge in [0.05, 0.1) is 18.9 Å². The van der Waals surface area contributed by atoms with Crippen molar-refractivity contribution < 1.29 is 29.0 Å². The number of phenols is 1. The van der Waals surface area contributed by atoms with Crippen molar-refractivity contribution in [3.63, 3.8) is 0 Å². The predicted molar refractivity (Wildman–Crippen MR) is 109 cm³/mol. The van der Waals surface area contributed by atoms with Crippen molar-refractivity contribution in [3.8, 4) is 11.5 Å². The lowest BCUT2D eigenvalue weighted by Gasteiger charge is -2.42. The molecular formula is C24H21NO6. The molecule has 7 heteroatoms. The third-order valence-electron chi connectivity index (χ3n) is 6.95. The number of ketones is 2. The van der Waals surface area contributed by atoms with Crippen LogP contribution < -0.4 is 10.1 Å². The molecule has 2 N–H and O–H groups in total. The number of rotatable bonds is 2. The Morgan fingerprint density at radius 3 is 2.58 bits per heavy atom. The highest BCUT2D eigenvalue weighted by Crippen LogP contribution is 2.55.